The second-order valence-electron chi connectivity index (χ2n) is 7.57. The number of amides is 1. The molecule has 2 aromatic rings. The van der Waals surface area contributed by atoms with E-state index < -0.39 is 17.7 Å². The van der Waals surface area contributed by atoms with Crippen LogP contribution in [-0.4, -0.2) is 52.5 Å². The number of rotatable bonds is 9. The summed E-state index contributed by atoms with van der Waals surface area (Å²) in [5.41, 5.74) is 1.13. The van der Waals surface area contributed by atoms with Gasteiger partial charge in [0.2, 0.25) is 0 Å². The van der Waals surface area contributed by atoms with Crippen molar-refractivity contribution in [1.29, 1.82) is 0 Å². The average Bonchev–Trinajstić information content (AvgIpc) is 3.03. The first-order valence-corrected chi connectivity index (χ1v) is 10.5. The molecule has 1 aliphatic heterocycles. The zero-order valence-corrected chi connectivity index (χ0v) is 18.1. The van der Waals surface area contributed by atoms with Crippen LogP contribution in [0.1, 0.15) is 44.4 Å². The van der Waals surface area contributed by atoms with Crippen LogP contribution in [0.2, 0.25) is 0 Å². The van der Waals surface area contributed by atoms with Gasteiger partial charge >= 0.3 is 0 Å². The van der Waals surface area contributed by atoms with Crippen molar-refractivity contribution in [3.05, 3.63) is 65.5 Å². The number of carbonyl (C=O) groups is 2. The quantitative estimate of drug-likeness (QED) is 0.375. The highest BCUT2D eigenvalue weighted by molar-refractivity contribution is 6.46. The molecule has 1 aliphatic rings. The van der Waals surface area contributed by atoms with Gasteiger partial charge in [-0.3, -0.25) is 14.6 Å². The molecule has 7 heteroatoms. The second-order valence-corrected chi connectivity index (χ2v) is 7.57. The summed E-state index contributed by atoms with van der Waals surface area (Å²) in [5.74, 6) is -0.928. The molecule has 0 radical (unpaired) electrons. The molecule has 1 fully saturated rings. The first-order valence-electron chi connectivity index (χ1n) is 10.5. The molecular weight excluding hydrogens is 396 g/mol. The van der Waals surface area contributed by atoms with Crippen LogP contribution in [-0.2, 0) is 14.3 Å². The van der Waals surface area contributed by atoms with E-state index in [1.54, 1.807) is 48.8 Å². The van der Waals surface area contributed by atoms with E-state index in [1.807, 2.05) is 20.8 Å². The number of nitrogens with zero attached hydrogens (tertiary/aromatic N) is 2. The Balaban J connectivity index is 1.99. The van der Waals surface area contributed by atoms with Gasteiger partial charge in [0.25, 0.3) is 11.7 Å². The lowest BCUT2D eigenvalue weighted by atomic mass is 9.96. The summed E-state index contributed by atoms with van der Waals surface area (Å²) in [6.07, 6.45) is 4.10. The van der Waals surface area contributed by atoms with Crippen molar-refractivity contribution in [3.63, 3.8) is 0 Å². The van der Waals surface area contributed by atoms with Gasteiger partial charge in [-0.15, -0.1) is 0 Å². The molecule has 0 aliphatic carbocycles. The number of ketones is 1. The number of ether oxygens (including phenoxy) is 2. The number of aromatic nitrogens is 1. The number of hydrogen-bond donors (Lipinski definition) is 1. The Kier molecular flexibility index (Phi) is 7.41. The van der Waals surface area contributed by atoms with E-state index in [1.165, 1.54) is 4.90 Å². The van der Waals surface area contributed by atoms with Gasteiger partial charge in [0.05, 0.1) is 30.9 Å². The fourth-order valence-corrected chi connectivity index (χ4v) is 3.47. The van der Waals surface area contributed by atoms with Gasteiger partial charge in [-0.05, 0) is 56.2 Å². The largest absolute Gasteiger partial charge is 0.507 e. The van der Waals surface area contributed by atoms with Crippen LogP contribution in [0, 0.1) is 0 Å². The van der Waals surface area contributed by atoms with E-state index in [0.29, 0.717) is 23.5 Å². The Morgan fingerprint density at radius 1 is 1.16 bits per heavy atom. The van der Waals surface area contributed by atoms with E-state index >= 15 is 0 Å². The third kappa shape index (κ3) is 5.11. The van der Waals surface area contributed by atoms with Gasteiger partial charge in [-0.1, -0.05) is 13.0 Å². The maximum atomic E-state index is 12.9. The SMILES string of the molecule is CCCOc1ccc(/C(O)=C2/C(=O)C(=O)N(CCOC(C)C)C2c2cccnc2)cc1. The minimum absolute atomic E-state index is 0.00195. The first-order chi connectivity index (χ1) is 14.9. The highest BCUT2D eigenvalue weighted by atomic mass is 16.5. The predicted molar refractivity (Wildman–Crippen MR) is 117 cm³/mol. The van der Waals surface area contributed by atoms with Gasteiger partial charge in [0.1, 0.15) is 11.5 Å². The molecule has 1 atom stereocenters. The predicted octanol–water partition coefficient (Wildman–Crippen LogP) is 3.72. The topological polar surface area (TPSA) is 89.0 Å². The maximum absolute atomic E-state index is 12.9. The number of Topliss-reactive ketones (excluding diaryl/α,β-unsaturated/α-hetero) is 1. The lowest BCUT2D eigenvalue weighted by Crippen LogP contribution is -2.33. The molecule has 164 valence electrons. The molecule has 0 saturated carbocycles. The summed E-state index contributed by atoms with van der Waals surface area (Å²) >= 11 is 0. The molecule has 1 aromatic heterocycles. The van der Waals surface area contributed by atoms with Gasteiger partial charge in [0.15, 0.2) is 0 Å². The van der Waals surface area contributed by atoms with Crippen LogP contribution in [0.15, 0.2) is 54.4 Å². The fraction of sp³-hybridized carbons (Fsp3) is 0.375. The van der Waals surface area contributed by atoms with Crippen molar-refractivity contribution >= 4 is 17.4 Å². The van der Waals surface area contributed by atoms with E-state index in [9.17, 15) is 14.7 Å². The Labute approximate surface area is 182 Å². The molecule has 0 bridgehead atoms. The summed E-state index contributed by atoms with van der Waals surface area (Å²) in [6.45, 7) is 6.93. The van der Waals surface area contributed by atoms with E-state index in [4.69, 9.17) is 9.47 Å². The van der Waals surface area contributed by atoms with Crippen LogP contribution in [0.3, 0.4) is 0 Å². The van der Waals surface area contributed by atoms with Gasteiger partial charge in [-0.25, -0.2) is 0 Å². The standard InChI is InChI=1S/C24H28N2O5/c1-4-13-31-19-9-7-17(8-10-19)22(27)20-21(18-6-5-11-25-15-18)26(24(29)23(20)28)12-14-30-16(2)3/h5-11,15-16,21,27H,4,12-14H2,1-3H3/b22-20-. The van der Waals surface area contributed by atoms with E-state index in [-0.39, 0.29) is 30.6 Å². The maximum Gasteiger partial charge on any atom is 0.295 e. The van der Waals surface area contributed by atoms with Crippen molar-refractivity contribution in [3.8, 4) is 5.75 Å². The smallest absolute Gasteiger partial charge is 0.295 e. The van der Waals surface area contributed by atoms with Crippen molar-refractivity contribution < 1.29 is 24.2 Å². The number of likely N-dealkylation sites (tertiary alicyclic amines) is 1. The normalized spacial score (nSPS) is 18.1. The van der Waals surface area contributed by atoms with E-state index in [0.717, 1.165) is 6.42 Å². The highest BCUT2D eigenvalue weighted by Crippen LogP contribution is 2.39. The molecule has 3 rings (SSSR count). The third-order valence-corrected chi connectivity index (χ3v) is 4.92. The summed E-state index contributed by atoms with van der Waals surface area (Å²) in [7, 11) is 0. The molecule has 1 amide bonds. The zero-order valence-electron chi connectivity index (χ0n) is 18.1. The lowest BCUT2D eigenvalue weighted by molar-refractivity contribution is -0.140. The van der Waals surface area contributed by atoms with E-state index in [2.05, 4.69) is 4.98 Å². The highest BCUT2D eigenvalue weighted by Gasteiger charge is 2.46. The molecule has 1 N–H and O–H groups in total. The Morgan fingerprint density at radius 2 is 1.90 bits per heavy atom. The molecule has 1 unspecified atom stereocenters. The van der Waals surface area contributed by atoms with Crippen LogP contribution >= 0.6 is 0 Å². The third-order valence-electron chi connectivity index (χ3n) is 4.92. The summed E-state index contributed by atoms with van der Waals surface area (Å²) < 4.78 is 11.2. The number of hydrogen-bond acceptors (Lipinski definition) is 6. The summed E-state index contributed by atoms with van der Waals surface area (Å²) in [5, 5.41) is 11.0. The number of pyridine rings is 1. The monoisotopic (exact) mass is 424 g/mol. The van der Waals surface area contributed by atoms with Crippen molar-refractivity contribution in [1.82, 2.24) is 9.88 Å². The molecule has 7 nitrogen and oxygen atoms in total. The molecule has 0 spiro atoms. The van der Waals surface area contributed by atoms with Crippen LogP contribution < -0.4 is 4.74 Å². The Bertz CT molecular complexity index is 938. The zero-order chi connectivity index (χ0) is 22.4. The molecular formula is C24H28N2O5. The molecule has 1 aromatic carbocycles. The molecule has 2 heterocycles. The van der Waals surface area contributed by atoms with Gasteiger partial charge in [-0.2, -0.15) is 0 Å². The fourth-order valence-electron chi connectivity index (χ4n) is 3.47. The lowest BCUT2D eigenvalue weighted by Gasteiger charge is -2.25. The van der Waals surface area contributed by atoms with Crippen LogP contribution in [0.25, 0.3) is 5.76 Å². The minimum atomic E-state index is -0.736. The molecule has 31 heavy (non-hydrogen) atoms. The number of carbonyl (C=O) groups excluding carboxylic acids is 2. The average molecular weight is 424 g/mol. The number of aliphatic hydroxyl groups excluding tert-OH is 1. The van der Waals surface area contributed by atoms with Crippen LogP contribution in [0.4, 0.5) is 0 Å². The molecule has 1 saturated heterocycles. The summed E-state index contributed by atoms with van der Waals surface area (Å²) in [4.78, 5) is 31.3. The minimum Gasteiger partial charge on any atom is -0.507 e. The van der Waals surface area contributed by atoms with Crippen molar-refractivity contribution in [2.24, 2.45) is 0 Å². The van der Waals surface area contributed by atoms with Crippen molar-refractivity contribution in [2.45, 2.75) is 39.3 Å². The van der Waals surface area contributed by atoms with Gasteiger partial charge < -0.3 is 19.5 Å². The van der Waals surface area contributed by atoms with Crippen molar-refractivity contribution in [2.75, 3.05) is 19.8 Å². The second kappa shape index (κ2) is 10.2. The first kappa shape index (κ1) is 22.5. The Morgan fingerprint density at radius 3 is 2.52 bits per heavy atom. The van der Waals surface area contributed by atoms with Crippen LogP contribution in [0.5, 0.6) is 5.75 Å². The summed E-state index contributed by atoms with van der Waals surface area (Å²) in [6, 6.07) is 9.60. The number of benzene rings is 1. The number of aliphatic hydroxyl groups is 1. The van der Waals surface area contributed by atoms with Gasteiger partial charge in [0, 0.05) is 24.5 Å². The Hall–Kier alpha value is -3.19.